The number of rotatable bonds is 5. The van der Waals surface area contributed by atoms with Crippen molar-refractivity contribution in [2.24, 2.45) is 5.73 Å². The highest BCUT2D eigenvalue weighted by atomic mass is 19.1. The topological polar surface area (TPSA) is 64.4 Å². The number of carbonyl (C=O) groups excluding carboxylic acids is 1. The summed E-state index contributed by atoms with van der Waals surface area (Å²) in [6.45, 7) is 2.22. The lowest BCUT2D eigenvalue weighted by Crippen LogP contribution is -2.40. The fraction of sp³-hybridized carbons (Fsp3) is 0.364. The van der Waals surface area contributed by atoms with Gasteiger partial charge in [-0.15, -0.1) is 0 Å². The lowest BCUT2D eigenvalue weighted by atomic mass is 10.3. The molecule has 0 heterocycles. The minimum absolute atomic E-state index is 0.233. The van der Waals surface area contributed by atoms with E-state index in [9.17, 15) is 9.18 Å². The average Bonchev–Trinajstić information content (AvgIpc) is 2.24. The Bertz CT molecular complexity index is 356. The second-order valence-corrected chi connectivity index (χ2v) is 3.39. The highest BCUT2D eigenvalue weighted by Crippen LogP contribution is 2.11. The molecule has 0 saturated carbocycles. The SMILES string of the molecule is C[C@@H](N)C(=O)NCCOc1cccc(F)c1. The second-order valence-electron chi connectivity index (χ2n) is 3.39. The standard InChI is InChI=1S/C11H15FN2O2/c1-8(13)11(15)14-5-6-16-10-4-2-3-9(12)7-10/h2-4,7-8H,5-6,13H2,1H3,(H,14,15)/t8-/m1/s1. The number of halogens is 1. The van der Waals surface area contributed by atoms with Crippen LogP contribution in [0.2, 0.25) is 0 Å². The summed E-state index contributed by atoms with van der Waals surface area (Å²) in [7, 11) is 0. The largest absolute Gasteiger partial charge is 0.492 e. The molecule has 88 valence electrons. The molecule has 0 aliphatic heterocycles. The van der Waals surface area contributed by atoms with Crippen molar-refractivity contribution in [3.63, 3.8) is 0 Å². The summed E-state index contributed by atoms with van der Waals surface area (Å²) in [5.74, 6) is -0.144. The number of benzene rings is 1. The molecule has 0 aliphatic rings. The zero-order chi connectivity index (χ0) is 12.0. The summed E-state index contributed by atoms with van der Waals surface area (Å²) in [6.07, 6.45) is 0. The van der Waals surface area contributed by atoms with Gasteiger partial charge in [0.2, 0.25) is 5.91 Å². The number of amides is 1. The third-order valence-electron chi connectivity index (χ3n) is 1.88. The van der Waals surface area contributed by atoms with E-state index in [2.05, 4.69) is 5.32 Å². The molecule has 0 bridgehead atoms. The van der Waals surface area contributed by atoms with Crippen molar-refractivity contribution in [2.75, 3.05) is 13.2 Å². The van der Waals surface area contributed by atoms with Gasteiger partial charge in [-0.25, -0.2) is 4.39 Å². The van der Waals surface area contributed by atoms with E-state index in [4.69, 9.17) is 10.5 Å². The number of hydrogen-bond donors (Lipinski definition) is 2. The summed E-state index contributed by atoms with van der Waals surface area (Å²) < 4.78 is 18.0. The first kappa shape index (κ1) is 12.4. The first-order valence-corrected chi connectivity index (χ1v) is 5.01. The fourth-order valence-electron chi connectivity index (χ4n) is 1.06. The molecule has 16 heavy (non-hydrogen) atoms. The number of ether oxygens (including phenoxy) is 1. The van der Waals surface area contributed by atoms with Crippen LogP contribution < -0.4 is 15.8 Å². The van der Waals surface area contributed by atoms with Crippen LogP contribution in [-0.4, -0.2) is 25.1 Å². The highest BCUT2D eigenvalue weighted by Gasteiger charge is 2.05. The highest BCUT2D eigenvalue weighted by molar-refractivity contribution is 5.80. The normalized spacial score (nSPS) is 11.9. The number of carbonyl (C=O) groups is 1. The van der Waals surface area contributed by atoms with E-state index in [1.807, 2.05) is 0 Å². The Balaban J connectivity index is 2.23. The Morgan fingerprint density at radius 3 is 3.00 bits per heavy atom. The molecule has 0 fully saturated rings. The smallest absolute Gasteiger partial charge is 0.236 e. The van der Waals surface area contributed by atoms with Gasteiger partial charge in [-0.2, -0.15) is 0 Å². The molecule has 0 aliphatic carbocycles. The van der Waals surface area contributed by atoms with Gasteiger partial charge in [0.05, 0.1) is 12.6 Å². The monoisotopic (exact) mass is 226 g/mol. The third-order valence-corrected chi connectivity index (χ3v) is 1.88. The van der Waals surface area contributed by atoms with Crippen LogP contribution in [0.4, 0.5) is 4.39 Å². The van der Waals surface area contributed by atoms with Crippen molar-refractivity contribution in [3.8, 4) is 5.75 Å². The molecule has 1 atom stereocenters. The molecule has 1 amide bonds. The predicted molar refractivity (Wildman–Crippen MR) is 58.6 cm³/mol. The van der Waals surface area contributed by atoms with Crippen LogP contribution in [-0.2, 0) is 4.79 Å². The molecule has 4 nitrogen and oxygen atoms in total. The van der Waals surface area contributed by atoms with Crippen molar-refractivity contribution >= 4 is 5.91 Å². The van der Waals surface area contributed by atoms with E-state index in [0.29, 0.717) is 12.3 Å². The molecule has 1 aromatic rings. The predicted octanol–water partition coefficient (Wildman–Crippen LogP) is 0.668. The van der Waals surface area contributed by atoms with Crippen LogP contribution in [0.5, 0.6) is 5.75 Å². The maximum atomic E-state index is 12.7. The average molecular weight is 226 g/mol. The fourth-order valence-corrected chi connectivity index (χ4v) is 1.06. The minimum Gasteiger partial charge on any atom is -0.492 e. The lowest BCUT2D eigenvalue weighted by molar-refractivity contribution is -0.122. The molecular formula is C11H15FN2O2. The van der Waals surface area contributed by atoms with Gasteiger partial charge in [-0.3, -0.25) is 4.79 Å². The van der Waals surface area contributed by atoms with E-state index in [-0.39, 0.29) is 18.3 Å². The molecule has 0 saturated heterocycles. The van der Waals surface area contributed by atoms with Gasteiger partial charge in [0, 0.05) is 6.07 Å². The Hall–Kier alpha value is -1.62. The van der Waals surface area contributed by atoms with Crippen LogP contribution in [0.25, 0.3) is 0 Å². The number of hydrogen-bond acceptors (Lipinski definition) is 3. The molecule has 0 unspecified atom stereocenters. The molecular weight excluding hydrogens is 211 g/mol. The Morgan fingerprint density at radius 1 is 1.62 bits per heavy atom. The molecule has 0 radical (unpaired) electrons. The van der Waals surface area contributed by atoms with Gasteiger partial charge in [0.1, 0.15) is 18.2 Å². The first-order valence-electron chi connectivity index (χ1n) is 5.01. The van der Waals surface area contributed by atoms with E-state index in [1.165, 1.54) is 12.1 Å². The summed E-state index contributed by atoms with van der Waals surface area (Å²) >= 11 is 0. The molecule has 5 heteroatoms. The Kier molecular flexibility index (Phi) is 4.72. The van der Waals surface area contributed by atoms with Gasteiger partial charge >= 0.3 is 0 Å². The summed E-state index contributed by atoms with van der Waals surface area (Å²) in [5, 5.41) is 2.58. The Labute approximate surface area is 93.6 Å². The summed E-state index contributed by atoms with van der Waals surface area (Å²) in [5.41, 5.74) is 5.35. The van der Waals surface area contributed by atoms with Crippen LogP contribution in [0, 0.1) is 5.82 Å². The number of nitrogens with one attached hydrogen (secondary N) is 1. The van der Waals surface area contributed by atoms with Crippen LogP contribution in [0.1, 0.15) is 6.92 Å². The maximum Gasteiger partial charge on any atom is 0.236 e. The van der Waals surface area contributed by atoms with Crippen molar-refractivity contribution in [3.05, 3.63) is 30.1 Å². The maximum absolute atomic E-state index is 12.7. The summed E-state index contributed by atoms with van der Waals surface area (Å²) in [6, 6.07) is 5.30. The van der Waals surface area contributed by atoms with Gasteiger partial charge in [0.15, 0.2) is 0 Å². The van der Waals surface area contributed by atoms with E-state index < -0.39 is 6.04 Å². The molecule has 0 aromatic heterocycles. The third kappa shape index (κ3) is 4.27. The van der Waals surface area contributed by atoms with Crippen molar-refractivity contribution in [1.29, 1.82) is 0 Å². The van der Waals surface area contributed by atoms with Crippen LogP contribution in [0.15, 0.2) is 24.3 Å². The number of nitrogens with two attached hydrogens (primary N) is 1. The second kappa shape index (κ2) is 6.07. The molecule has 1 rings (SSSR count). The van der Waals surface area contributed by atoms with Gasteiger partial charge in [0.25, 0.3) is 0 Å². The zero-order valence-electron chi connectivity index (χ0n) is 9.07. The van der Waals surface area contributed by atoms with Crippen molar-refractivity contribution < 1.29 is 13.9 Å². The Morgan fingerprint density at radius 2 is 2.38 bits per heavy atom. The van der Waals surface area contributed by atoms with Gasteiger partial charge < -0.3 is 15.8 Å². The van der Waals surface area contributed by atoms with Crippen LogP contribution >= 0.6 is 0 Å². The minimum atomic E-state index is -0.533. The molecule has 1 aromatic carbocycles. The molecule has 3 N–H and O–H groups in total. The van der Waals surface area contributed by atoms with E-state index in [1.54, 1.807) is 19.1 Å². The van der Waals surface area contributed by atoms with Crippen molar-refractivity contribution in [1.82, 2.24) is 5.32 Å². The van der Waals surface area contributed by atoms with Gasteiger partial charge in [-0.1, -0.05) is 6.07 Å². The zero-order valence-corrected chi connectivity index (χ0v) is 9.07. The quantitative estimate of drug-likeness (QED) is 0.725. The lowest BCUT2D eigenvalue weighted by Gasteiger charge is -2.09. The van der Waals surface area contributed by atoms with Gasteiger partial charge in [-0.05, 0) is 19.1 Å². The van der Waals surface area contributed by atoms with E-state index in [0.717, 1.165) is 0 Å². The van der Waals surface area contributed by atoms with Crippen LogP contribution in [0.3, 0.4) is 0 Å². The van der Waals surface area contributed by atoms with E-state index >= 15 is 0 Å². The molecule has 0 spiro atoms. The summed E-state index contributed by atoms with van der Waals surface area (Å²) in [4.78, 5) is 11.1. The van der Waals surface area contributed by atoms with Crippen molar-refractivity contribution in [2.45, 2.75) is 13.0 Å². The first-order chi connectivity index (χ1) is 7.59.